The molecule has 1 aromatic heterocycles. The molecule has 2 aromatic rings. The minimum absolute atomic E-state index is 0.0223. The van der Waals surface area contributed by atoms with Crippen LogP contribution in [0.5, 0.6) is 17.2 Å². The highest BCUT2D eigenvalue weighted by atomic mass is 16.6. The van der Waals surface area contributed by atoms with Gasteiger partial charge in [-0.2, -0.15) is 0 Å². The van der Waals surface area contributed by atoms with E-state index in [1.807, 2.05) is 0 Å². The van der Waals surface area contributed by atoms with Gasteiger partial charge in [-0.05, 0) is 32.9 Å². The van der Waals surface area contributed by atoms with Crippen LogP contribution in [0.15, 0.2) is 12.1 Å². The van der Waals surface area contributed by atoms with Crippen LogP contribution in [0.1, 0.15) is 31.3 Å². The molecule has 2 rings (SSSR count). The number of aromatic carboxylic acids is 1. The number of nitrogens with one attached hydrogen (secondary N) is 2. The van der Waals surface area contributed by atoms with Gasteiger partial charge in [0.2, 0.25) is 5.75 Å². The maximum Gasteiger partial charge on any atom is 0.407 e. The molecule has 0 bridgehead atoms. The number of carbonyl (C=O) groups excluding carboxylic acids is 1. The minimum Gasteiger partial charge on any atom is -0.493 e. The summed E-state index contributed by atoms with van der Waals surface area (Å²) in [6.45, 7) is 5.65. The largest absolute Gasteiger partial charge is 0.493 e. The van der Waals surface area contributed by atoms with Gasteiger partial charge in [0, 0.05) is 5.39 Å². The Hall–Kier alpha value is -3.10. The Morgan fingerprint density at radius 2 is 1.85 bits per heavy atom. The van der Waals surface area contributed by atoms with E-state index < -0.39 is 17.7 Å². The molecule has 0 saturated heterocycles. The lowest BCUT2D eigenvalue weighted by atomic mass is 10.2. The number of hydrogen-bond acceptors (Lipinski definition) is 6. The lowest BCUT2D eigenvalue weighted by Crippen LogP contribution is -2.34. The Bertz CT molecular complexity index is 836. The summed E-state index contributed by atoms with van der Waals surface area (Å²) in [4.78, 5) is 25.6. The second kappa shape index (κ2) is 8.07. The van der Waals surface area contributed by atoms with Gasteiger partial charge >= 0.3 is 12.1 Å². The number of H-pyrrole nitrogens is 1. The van der Waals surface area contributed by atoms with Crippen LogP contribution >= 0.6 is 0 Å². The van der Waals surface area contributed by atoms with E-state index >= 15 is 0 Å². The number of carboxylic acids is 1. The average Bonchev–Trinajstić information content (AvgIpc) is 3.00. The lowest BCUT2D eigenvalue weighted by Gasteiger charge is -2.20. The van der Waals surface area contributed by atoms with Crippen LogP contribution in [0.3, 0.4) is 0 Å². The van der Waals surface area contributed by atoms with E-state index in [2.05, 4.69) is 10.3 Å². The van der Waals surface area contributed by atoms with E-state index in [-0.39, 0.29) is 18.8 Å². The lowest BCUT2D eigenvalue weighted by molar-refractivity contribution is 0.0519. The summed E-state index contributed by atoms with van der Waals surface area (Å²) in [5.74, 6) is -0.0878. The summed E-state index contributed by atoms with van der Waals surface area (Å²) in [6, 6.07) is 3.13. The van der Waals surface area contributed by atoms with Crippen LogP contribution in [0.25, 0.3) is 10.9 Å². The highest BCUT2D eigenvalue weighted by Crippen LogP contribution is 2.43. The topological polar surface area (TPSA) is 119 Å². The van der Waals surface area contributed by atoms with Gasteiger partial charge in [0.1, 0.15) is 17.9 Å². The molecule has 27 heavy (non-hydrogen) atoms. The molecule has 0 aliphatic carbocycles. The number of hydrogen-bond donors (Lipinski definition) is 3. The molecule has 1 heterocycles. The molecule has 0 saturated carbocycles. The molecule has 0 aliphatic heterocycles. The van der Waals surface area contributed by atoms with E-state index in [0.29, 0.717) is 28.2 Å². The number of alkyl carbamates (subject to hydrolysis) is 1. The summed E-state index contributed by atoms with van der Waals surface area (Å²) in [6.07, 6.45) is -0.545. The van der Waals surface area contributed by atoms with Gasteiger partial charge in [-0.15, -0.1) is 0 Å². The van der Waals surface area contributed by atoms with Crippen LogP contribution < -0.4 is 19.5 Å². The number of benzene rings is 1. The van der Waals surface area contributed by atoms with Crippen molar-refractivity contribution < 1.29 is 33.6 Å². The zero-order valence-electron chi connectivity index (χ0n) is 16.0. The maximum atomic E-state index is 11.7. The number of methoxy groups -OCH3 is 2. The van der Waals surface area contributed by atoms with E-state index in [0.717, 1.165) is 0 Å². The number of amides is 1. The summed E-state index contributed by atoms with van der Waals surface area (Å²) < 4.78 is 21.6. The summed E-state index contributed by atoms with van der Waals surface area (Å²) in [5.41, 5.74) is -0.0855. The smallest absolute Gasteiger partial charge is 0.407 e. The Labute approximate surface area is 156 Å². The first-order chi connectivity index (χ1) is 12.7. The number of carbonyl (C=O) groups is 2. The van der Waals surface area contributed by atoms with Gasteiger partial charge in [0.25, 0.3) is 0 Å². The Balaban J connectivity index is 2.16. The molecule has 0 radical (unpaired) electrons. The summed E-state index contributed by atoms with van der Waals surface area (Å²) in [5, 5.41) is 12.4. The third-order valence-corrected chi connectivity index (χ3v) is 3.46. The standard InChI is InChI=1S/C18H24N2O7/c1-18(2,3)27-17(23)19-6-7-26-14-12(24-4)9-10-8-11(16(21)22)20-13(10)15(14)25-5/h8-9,20H,6-7H2,1-5H3,(H,19,23)(H,21,22). The molecule has 3 N–H and O–H groups in total. The Morgan fingerprint density at radius 3 is 2.41 bits per heavy atom. The first-order valence-electron chi connectivity index (χ1n) is 8.27. The van der Waals surface area contributed by atoms with Gasteiger partial charge in [0.05, 0.1) is 26.3 Å². The van der Waals surface area contributed by atoms with Gasteiger partial charge < -0.3 is 34.4 Å². The second-order valence-corrected chi connectivity index (χ2v) is 6.67. The molecule has 1 aromatic carbocycles. The number of aromatic nitrogens is 1. The van der Waals surface area contributed by atoms with Crippen molar-refractivity contribution in [3.63, 3.8) is 0 Å². The van der Waals surface area contributed by atoms with Crippen LogP contribution in [0.2, 0.25) is 0 Å². The van der Waals surface area contributed by atoms with Crippen molar-refractivity contribution in [1.29, 1.82) is 0 Å². The number of carboxylic acid groups (broad SMARTS) is 1. The van der Waals surface area contributed by atoms with Gasteiger partial charge in [-0.25, -0.2) is 9.59 Å². The van der Waals surface area contributed by atoms with Crippen molar-refractivity contribution in [3.05, 3.63) is 17.8 Å². The normalized spacial score (nSPS) is 11.1. The van der Waals surface area contributed by atoms with Gasteiger partial charge in [0.15, 0.2) is 11.5 Å². The summed E-state index contributed by atoms with van der Waals surface area (Å²) in [7, 11) is 2.92. The Morgan fingerprint density at radius 1 is 1.15 bits per heavy atom. The molecule has 148 valence electrons. The fourth-order valence-electron chi connectivity index (χ4n) is 2.42. The SMILES string of the molecule is COc1cc2cc(C(=O)O)[nH]c2c(OC)c1OCCNC(=O)OC(C)(C)C. The maximum absolute atomic E-state index is 11.7. The minimum atomic E-state index is -1.09. The van der Waals surface area contributed by atoms with Crippen LogP contribution in [0, 0.1) is 0 Å². The van der Waals surface area contributed by atoms with Gasteiger partial charge in [-0.3, -0.25) is 0 Å². The highest BCUT2D eigenvalue weighted by molar-refractivity contribution is 5.98. The van der Waals surface area contributed by atoms with E-state index in [1.54, 1.807) is 26.8 Å². The molecule has 9 nitrogen and oxygen atoms in total. The molecule has 0 unspecified atom stereocenters. The van der Waals surface area contributed by atoms with Crippen molar-refractivity contribution >= 4 is 23.0 Å². The zero-order valence-corrected chi connectivity index (χ0v) is 16.0. The van der Waals surface area contributed by atoms with Crippen molar-refractivity contribution in [2.45, 2.75) is 26.4 Å². The fraction of sp³-hybridized carbons (Fsp3) is 0.444. The van der Waals surface area contributed by atoms with Gasteiger partial charge in [-0.1, -0.05) is 0 Å². The van der Waals surface area contributed by atoms with Crippen LogP contribution in [-0.2, 0) is 4.74 Å². The molecular weight excluding hydrogens is 356 g/mol. The highest BCUT2D eigenvalue weighted by Gasteiger charge is 2.20. The Kier molecular flexibility index (Phi) is 6.04. The average molecular weight is 380 g/mol. The fourth-order valence-corrected chi connectivity index (χ4v) is 2.42. The van der Waals surface area contributed by atoms with Crippen LogP contribution in [-0.4, -0.2) is 55.1 Å². The number of rotatable bonds is 7. The third kappa shape index (κ3) is 4.96. The molecular formula is C18H24N2O7. The van der Waals surface area contributed by atoms with Crippen molar-refractivity contribution in [3.8, 4) is 17.2 Å². The molecule has 0 atom stereocenters. The van der Waals surface area contributed by atoms with Crippen molar-refractivity contribution in [2.24, 2.45) is 0 Å². The molecule has 0 fully saturated rings. The quantitative estimate of drug-likeness (QED) is 0.632. The first-order valence-corrected chi connectivity index (χ1v) is 8.27. The number of aromatic amines is 1. The summed E-state index contributed by atoms with van der Waals surface area (Å²) >= 11 is 0. The van der Waals surface area contributed by atoms with Crippen molar-refractivity contribution in [1.82, 2.24) is 10.3 Å². The predicted molar refractivity (Wildman–Crippen MR) is 98.1 cm³/mol. The predicted octanol–water partition coefficient (Wildman–Crippen LogP) is 2.79. The third-order valence-electron chi connectivity index (χ3n) is 3.46. The number of fused-ring (bicyclic) bond motifs is 1. The molecule has 9 heteroatoms. The second-order valence-electron chi connectivity index (χ2n) is 6.67. The molecule has 0 spiro atoms. The first kappa shape index (κ1) is 20.2. The van der Waals surface area contributed by atoms with E-state index in [9.17, 15) is 9.59 Å². The monoisotopic (exact) mass is 380 g/mol. The van der Waals surface area contributed by atoms with Crippen molar-refractivity contribution in [2.75, 3.05) is 27.4 Å². The zero-order chi connectivity index (χ0) is 20.2. The van der Waals surface area contributed by atoms with E-state index in [1.165, 1.54) is 20.3 Å². The van der Waals surface area contributed by atoms with Crippen LogP contribution in [0.4, 0.5) is 4.79 Å². The van der Waals surface area contributed by atoms with E-state index in [4.69, 9.17) is 24.1 Å². The number of ether oxygens (including phenoxy) is 4. The molecule has 0 aliphatic rings. The molecule has 1 amide bonds.